The summed E-state index contributed by atoms with van der Waals surface area (Å²) in [6.45, 7) is 11.6. The van der Waals surface area contributed by atoms with Crippen molar-refractivity contribution in [3.05, 3.63) is 0 Å². The first-order chi connectivity index (χ1) is 7.73. The van der Waals surface area contributed by atoms with Crippen LogP contribution in [0.2, 0.25) is 0 Å². The van der Waals surface area contributed by atoms with Crippen molar-refractivity contribution in [1.82, 2.24) is 10.2 Å². The highest BCUT2D eigenvalue weighted by atomic mass is 16.2. The molecule has 0 aromatic heterocycles. The molecule has 0 heterocycles. The lowest BCUT2D eigenvalue weighted by Gasteiger charge is -2.41. The minimum absolute atomic E-state index is 0.0625. The molecule has 0 saturated heterocycles. The summed E-state index contributed by atoms with van der Waals surface area (Å²) in [5.74, 6) is 0.0625. The lowest BCUT2D eigenvalue weighted by atomic mass is 9.80. The van der Waals surface area contributed by atoms with Crippen LogP contribution in [0.5, 0.6) is 0 Å². The predicted molar refractivity (Wildman–Crippen MR) is 72.8 cm³/mol. The number of hydrogen-bond donors (Lipinski definition) is 2. The van der Waals surface area contributed by atoms with Gasteiger partial charge in [0.05, 0.1) is 6.54 Å². The molecule has 102 valence electrons. The summed E-state index contributed by atoms with van der Waals surface area (Å²) in [5, 5.41) is 2.82. The van der Waals surface area contributed by atoms with Crippen LogP contribution < -0.4 is 11.1 Å². The Morgan fingerprint density at radius 3 is 2.24 bits per heavy atom. The van der Waals surface area contributed by atoms with Gasteiger partial charge in [0, 0.05) is 18.6 Å². The van der Waals surface area contributed by atoms with Crippen LogP contribution in [-0.2, 0) is 4.79 Å². The van der Waals surface area contributed by atoms with E-state index in [1.165, 1.54) is 0 Å². The third-order valence-corrected chi connectivity index (χ3v) is 3.01. The van der Waals surface area contributed by atoms with Crippen LogP contribution in [0.3, 0.4) is 0 Å². The van der Waals surface area contributed by atoms with Crippen molar-refractivity contribution in [3.63, 3.8) is 0 Å². The Hall–Kier alpha value is -0.610. The summed E-state index contributed by atoms with van der Waals surface area (Å²) in [7, 11) is 1.97. The average Bonchev–Trinajstić information content (AvgIpc) is 2.15. The molecule has 1 amide bonds. The maximum absolute atomic E-state index is 11.6. The van der Waals surface area contributed by atoms with Crippen LogP contribution in [0, 0.1) is 5.41 Å². The molecule has 0 bridgehead atoms. The highest BCUT2D eigenvalue weighted by Gasteiger charge is 2.33. The Balaban J connectivity index is 4.65. The molecule has 3 N–H and O–H groups in total. The van der Waals surface area contributed by atoms with E-state index in [0.29, 0.717) is 13.1 Å². The Morgan fingerprint density at radius 1 is 1.35 bits per heavy atom. The molecule has 0 aliphatic carbocycles. The quantitative estimate of drug-likeness (QED) is 0.737. The molecular formula is C13H29N3O. The number of hydrogen-bond acceptors (Lipinski definition) is 3. The summed E-state index contributed by atoms with van der Waals surface area (Å²) in [4.78, 5) is 13.7. The second-order valence-electron chi connectivity index (χ2n) is 5.75. The lowest BCUT2D eigenvalue weighted by molar-refractivity contribution is -0.122. The first-order valence-corrected chi connectivity index (χ1v) is 6.46. The van der Waals surface area contributed by atoms with Crippen molar-refractivity contribution in [2.24, 2.45) is 11.1 Å². The minimum atomic E-state index is 0.0625. The normalized spacial score (nSPS) is 15.8. The van der Waals surface area contributed by atoms with Crippen molar-refractivity contribution >= 4 is 5.91 Å². The third kappa shape index (κ3) is 5.50. The summed E-state index contributed by atoms with van der Waals surface area (Å²) in [5.41, 5.74) is 6.25. The molecule has 0 fully saturated rings. The number of nitrogens with zero attached hydrogens (tertiary/aromatic N) is 1. The summed E-state index contributed by atoms with van der Waals surface area (Å²) >= 11 is 0. The number of nitrogens with two attached hydrogens (primary N) is 1. The van der Waals surface area contributed by atoms with Crippen LogP contribution >= 0.6 is 0 Å². The zero-order valence-electron chi connectivity index (χ0n) is 12.2. The number of carbonyl (C=O) groups excluding carboxylic acids is 1. The van der Waals surface area contributed by atoms with Crippen LogP contribution in [0.25, 0.3) is 0 Å². The SMILES string of the molecule is CCNC(=O)CN(C)C(C(N)CC)C(C)(C)C. The van der Waals surface area contributed by atoms with Gasteiger partial charge in [-0.15, -0.1) is 0 Å². The second-order valence-corrected chi connectivity index (χ2v) is 5.75. The van der Waals surface area contributed by atoms with Crippen LogP contribution in [0.4, 0.5) is 0 Å². The fourth-order valence-electron chi connectivity index (χ4n) is 2.43. The van der Waals surface area contributed by atoms with Crippen LogP contribution in [-0.4, -0.2) is 43.0 Å². The molecule has 2 atom stereocenters. The largest absolute Gasteiger partial charge is 0.355 e. The Kier molecular flexibility index (Phi) is 6.72. The van der Waals surface area contributed by atoms with E-state index in [2.05, 4.69) is 37.9 Å². The van der Waals surface area contributed by atoms with Crippen molar-refractivity contribution in [2.45, 2.75) is 53.1 Å². The first kappa shape index (κ1) is 16.4. The number of likely N-dealkylation sites (N-methyl/N-ethyl adjacent to an activating group) is 2. The van der Waals surface area contributed by atoms with E-state index >= 15 is 0 Å². The summed E-state index contributed by atoms with van der Waals surface area (Å²) in [6, 6.07) is 0.296. The van der Waals surface area contributed by atoms with E-state index in [4.69, 9.17) is 5.73 Å². The van der Waals surface area contributed by atoms with E-state index in [1.54, 1.807) is 0 Å². The highest BCUT2D eigenvalue weighted by molar-refractivity contribution is 5.77. The molecule has 0 spiro atoms. The Labute approximate surface area is 106 Å². The molecule has 0 aliphatic rings. The van der Waals surface area contributed by atoms with Gasteiger partial charge in [-0.3, -0.25) is 9.69 Å². The van der Waals surface area contributed by atoms with E-state index < -0.39 is 0 Å². The van der Waals surface area contributed by atoms with Gasteiger partial charge in [-0.2, -0.15) is 0 Å². The predicted octanol–water partition coefficient (Wildman–Crippen LogP) is 1.21. The van der Waals surface area contributed by atoms with Gasteiger partial charge >= 0.3 is 0 Å². The summed E-state index contributed by atoms with van der Waals surface area (Å²) < 4.78 is 0. The maximum Gasteiger partial charge on any atom is 0.234 e. The van der Waals surface area contributed by atoms with E-state index in [0.717, 1.165) is 6.42 Å². The van der Waals surface area contributed by atoms with Gasteiger partial charge in [0.15, 0.2) is 0 Å². The van der Waals surface area contributed by atoms with Gasteiger partial charge in [-0.05, 0) is 25.8 Å². The smallest absolute Gasteiger partial charge is 0.234 e. The van der Waals surface area contributed by atoms with Crippen LogP contribution in [0.15, 0.2) is 0 Å². The zero-order chi connectivity index (χ0) is 13.6. The van der Waals surface area contributed by atoms with E-state index in [9.17, 15) is 4.79 Å². The fourth-order valence-corrected chi connectivity index (χ4v) is 2.43. The van der Waals surface area contributed by atoms with Crippen molar-refractivity contribution < 1.29 is 4.79 Å². The van der Waals surface area contributed by atoms with Crippen molar-refractivity contribution in [3.8, 4) is 0 Å². The molecular weight excluding hydrogens is 214 g/mol. The first-order valence-electron chi connectivity index (χ1n) is 6.46. The number of carbonyl (C=O) groups is 1. The summed E-state index contributed by atoms with van der Waals surface area (Å²) in [6.07, 6.45) is 0.918. The van der Waals surface area contributed by atoms with Gasteiger partial charge in [0.25, 0.3) is 0 Å². The fraction of sp³-hybridized carbons (Fsp3) is 0.923. The van der Waals surface area contributed by atoms with E-state index in [1.807, 2.05) is 14.0 Å². The molecule has 0 radical (unpaired) electrons. The topological polar surface area (TPSA) is 58.4 Å². The minimum Gasteiger partial charge on any atom is -0.355 e. The third-order valence-electron chi connectivity index (χ3n) is 3.01. The second kappa shape index (κ2) is 6.97. The molecule has 2 unspecified atom stereocenters. The highest BCUT2D eigenvalue weighted by Crippen LogP contribution is 2.26. The molecule has 4 heteroatoms. The maximum atomic E-state index is 11.6. The molecule has 0 rings (SSSR count). The van der Waals surface area contributed by atoms with Gasteiger partial charge in [0.2, 0.25) is 5.91 Å². The van der Waals surface area contributed by atoms with Gasteiger partial charge in [0.1, 0.15) is 0 Å². The Morgan fingerprint density at radius 2 is 1.88 bits per heavy atom. The van der Waals surface area contributed by atoms with Crippen molar-refractivity contribution in [1.29, 1.82) is 0 Å². The van der Waals surface area contributed by atoms with Gasteiger partial charge < -0.3 is 11.1 Å². The number of rotatable bonds is 6. The zero-order valence-corrected chi connectivity index (χ0v) is 12.2. The average molecular weight is 243 g/mol. The monoisotopic (exact) mass is 243 g/mol. The van der Waals surface area contributed by atoms with Crippen LogP contribution in [0.1, 0.15) is 41.0 Å². The lowest BCUT2D eigenvalue weighted by Crippen LogP contribution is -2.55. The molecule has 0 aromatic carbocycles. The Bertz CT molecular complexity index is 235. The molecule has 0 saturated carbocycles. The molecule has 0 aliphatic heterocycles. The number of amides is 1. The standard InChI is InChI=1S/C13H29N3O/c1-7-10(14)12(13(3,4)5)16(6)9-11(17)15-8-2/h10,12H,7-9,14H2,1-6H3,(H,15,17). The number of nitrogens with one attached hydrogen (secondary N) is 1. The molecule has 4 nitrogen and oxygen atoms in total. The van der Waals surface area contributed by atoms with Gasteiger partial charge in [-0.1, -0.05) is 27.7 Å². The van der Waals surface area contributed by atoms with E-state index in [-0.39, 0.29) is 23.4 Å². The molecule has 17 heavy (non-hydrogen) atoms. The van der Waals surface area contributed by atoms with Crippen molar-refractivity contribution in [2.75, 3.05) is 20.1 Å². The molecule has 0 aromatic rings. The van der Waals surface area contributed by atoms with Gasteiger partial charge in [-0.25, -0.2) is 0 Å².